The number of ether oxygens (including phenoxy) is 1. The van der Waals surface area contributed by atoms with E-state index in [1.807, 2.05) is 12.1 Å². The normalized spacial score (nSPS) is 14.4. The Morgan fingerprint density at radius 2 is 1.71 bits per heavy atom. The number of piperidine rings is 1. The van der Waals surface area contributed by atoms with Crippen LogP contribution in [0.15, 0.2) is 54.7 Å². The molecule has 4 rings (SSSR count). The minimum atomic E-state index is -0.279. The van der Waals surface area contributed by atoms with Gasteiger partial charge in [0.15, 0.2) is 18.2 Å². The Morgan fingerprint density at radius 1 is 1.00 bits per heavy atom. The molecule has 1 aliphatic heterocycles. The number of halogens is 2. The molecule has 3 aromatic rings. The smallest absolute Gasteiger partial charge is 0.276 e. The number of hydrogen-bond donors (Lipinski definition) is 1. The van der Waals surface area contributed by atoms with Crippen LogP contribution in [-0.4, -0.2) is 33.7 Å². The van der Waals surface area contributed by atoms with Crippen molar-refractivity contribution in [3.05, 3.63) is 76.0 Å². The van der Waals surface area contributed by atoms with Crippen LogP contribution in [0.3, 0.4) is 0 Å². The molecule has 2 aromatic carbocycles. The van der Waals surface area contributed by atoms with Gasteiger partial charge in [-0.1, -0.05) is 47.8 Å². The van der Waals surface area contributed by atoms with Crippen molar-refractivity contribution in [2.24, 2.45) is 0 Å². The molecule has 0 saturated carbocycles. The van der Waals surface area contributed by atoms with E-state index in [2.05, 4.69) is 27.4 Å². The lowest BCUT2D eigenvalue weighted by molar-refractivity contribution is 0.102. The zero-order valence-electron chi connectivity index (χ0n) is 17.1. The molecule has 1 amide bonds. The summed E-state index contributed by atoms with van der Waals surface area (Å²) in [5.74, 6) is 0.107. The molecule has 0 unspecified atom stereocenters. The third-order valence-electron chi connectivity index (χ3n) is 5.20. The second-order valence-corrected chi connectivity index (χ2v) is 8.37. The van der Waals surface area contributed by atoms with Gasteiger partial charge in [-0.25, -0.2) is 4.68 Å². The number of likely N-dealkylation sites (tertiary alicyclic amines) is 1. The minimum Gasteiger partial charge on any atom is -0.468 e. The van der Waals surface area contributed by atoms with Crippen LogP contribution < -0.4 is 10.1 Å². The molecule has 1 aromatic heterocycles. The fourth-order valence-electron chi connectivity index (χ4n) is 3.57. The summed E-state index contributed by atoms with van der Waals surface area (Å²) < 4.78 is 7.15. The van der Waals surface area contributed by atoms with Crippen molar-refractivity contribution in [3.63, 3.8) is 0 Å². The molecule has 31 heavy (non-hydrogen) atoms. The molecule has 0 aliphatic carbocycles. The molecule has 0 spiro atoms. The number of anilines is 1. The second kappa shape index (κ2) is 10.2. The number of hydrogen-bond acceptors (Lipinski definition) is 4. The van der Waals surface area contributed by atoms with Gasteiger partial charge in [0.2, 0.25) is 0 Å². The summed E-state index contributed by atoms with van der Waals surface area (Å²) in [5, 5.41) is 7.98. The van der Waals surface area contributed by atoms with Gasteiger partial charge in [0, 0.05) is 18.4 Å². The summed E-state index contributed by atoms with van der Waals surface area (Å²) in [4.78, 5) is 15.0. The lowest BCUT2D eigenvalue weighted by Crippen LogP contribution is -2.29. The number of para-hydroxylation sites is 1. The van der Waals surface area contributed by atoms with E-state index in [1.165, 1.54) is 29.5 Å². The van der Waals surface area contributed by atoms with E-state index in [1.54, 1.807) is 30.5 Å². The van der Waals surface area contributed by atoms with Crippen molar-refractivity contribution in [1.29, 1.82) is 0 Å². The van der Waals surface area contributed by atoms with Crippen molar-refractivity contribution < 1.29 is 9.53 Å². The van der Waals surface area contributed by atoms with E-state index in [0.29, 0.717) is 21.5 Å². The summed E-state index contributed by atoms with van der Waals surface area (Å²) in [6.45, 7) is 3.36. The third kappa shape index (κ3) is 5.79. The van der Waals surface area contributed by atoms with Crippen LogP contribution in [0.5, 0.6) is 5.75 Å². The number of aromatic nitrogens is 2. The van der Waals surface area contributed by atoms with Crippen LogP contribution in [0.1, 0.15) is 35.3 Å². The Balaban J connectivity index is 1.31. The molecule has 0 atom stereocenters. The molecule has 1 N–H and O–H groups in total. The van der Waals surface area contributed by atoms with E-state index in [9.17, 15) is 4.79 Å². The van der Waals surface area contributed by atoms with E-state index in [0.717, 1.165) is 25.3 Å². The first-order chi connectivity index (χ1) is 15.1. The quantitative estimate of drug-likeness (QED) is 0.510. The predicted octanol–water partition coefficient (Wildman–Crippen LogP) is 5.46. The lowest BCUT2D eigenvalue weighted by atomic mass is 10.1. The maximum Gasteiger partial charge on any atom is 0.276 e. The molecule has 2 heterocycles. The molecule has 1 saturated heterocycles. The summed E-state index contributed by atoms with van der Waals surface area (Å²) in [6.07, 6.45) is 5.55. The van der Waals surface area contributed by atoms with Gasteiger partial charge in [0.05, 0.1) is 10.0 Å². The van der Waals surface area contributed by atoms with Crippen LogP contribution in [0, 0.1) is 0 Å². The zero-order chi connectivity index (χ0) is 21.6. The predicted molar refractivity (Wildman–Crippen MR) is 123 cm³/mol. The Hall–Kier alpha value is -2.54. The summed E-state index contributed by atoms with van der Waals surface area (Å²) in [6, 6.07) is 14.7. The van der Waals surface area contributed by atoms with E-state index in [4.69, 9.17) is 27.9 Å². The van der Waals surface area contributed by atoms with Crippen molar-refractivity contribution in [1.82, 2.24) is 14.7 Å². The Bertz CT molecular complexity index is 1010. The van der Waals surface area contributed by atoms with E-state index >= 15 is 0 Å². The second-order valence-electron chi connectivity index (χ2n) is 7.55. The highest BCUT2D eigenvalue weighted by Gasteiger charge is 2.13. The lowest BCUT2D eigenvalue weighted by Gasteiger charge is -2.26. The van der Waals surface area contributed by atoms with Gasteiger partial charge < -0.3 is 10.1 Å². The fraction of sp³-hybridized carbons (Fsp3) is 0.304. The van der Waals surface area contributed by atoms with Crippen molar-refractivity contribution in [2.75, 3.05) is 18.4 Å². The standard InChI is InChI=1S/C23H24Cl2N4O2/c24-19-5-4-6-20(25)22(19)31-16-29-14-11-21(27-29)23(30)26-18-9-7-17(8-10-18)15-28-12-2-1-3-13-28/h4-11,14H,1-3,12-13,15-16H2,(H,26,30). The number of nitrogens with one attached hydrogen (secondary N) is 1. The number of amides is 1. The fourth-order valence-corrected chi connectivity index (χ4v) is 4.08. The van der Waals surface area contributed by atoms with Gasteiger partial charge in [-0.2, -0.15) is 5.10 Å². The number of benzene rings is 2. The number of rotatable bonds is 7. The van der Waals surface area contributed by atoms with Gasteiger partial charge >= 0.3 is 0 Å². The first-order valence-corrected chi connectivity index (χ1v) is 11.1. The molecule has 1 aliphatic rings. The Labute approximate surface area is 191 Å². The molecule has 162 valence electrons. The molecule has 1 fully saturated rings. The Kier molecular flexibility index (Phi) is 7.12. The highest BCUT2D eigenvalue weighted by Crippen LogP contribution is 2.32. The molecular weight excluding hydrogens is 435 g/mol. The number of carbonyl (C=O) groups excluding carboxylic acids is 1. The van der Waals surface area contributed by atoms with Gasteiger partial charge in [-0.15, -0.1) is 0 Å². The third-order valence-corrected chi connectivity index (χ3v) is 5.80. The summed E-state index contributed by atoms with van der Waals surface area (Å²) in [7, 11) is 0. The first kappa shape index (κ1) is 21.7. The highest BCUT2D eigenvalue weighted by atomic mass is 35.5. The average molecular weight is 459 g/mol. The monoisotopic (exact) mass is 458 g/mol. The van der Waals surface area contributed by atoms with Crippen LogP contribution in [0.4, 0.5) is 5.69 Å². The summed E-state index contributed by atoms with van der Waals surface area (Å²) >= 11 is 12.2. The van der Waals surface area contributed by atoms with Crippen LogP contribution in [0.25, 0.3) is 0 Å². The Morgan fingerprint density at radius 3 is 2.42 bits per heavy atom. The molecule has 6 nitrogen and oxygen atoms in total. The molecule has 0 bridgehead atoms. The van der Waals surface area contributed by atoms with Crippen LogP contribution in [0.2, 0.25) is 10.0 Å². The number of carbonyl (C=O) groups is 1. The zero-order valence-corrected chi connectivity index (χ0v) is 18.6. The average Bonchev–Trinajstić information content (AvgIpc) is 3.25. The van der Waals surface area contributed by atoms with Crippen molar-refractivity contribution >= 4 is 34.8 Å². The maximum atomic E-state index is 12.5. The van der Waals surface area contributed by atoms with Gasteiger partial charge in [0.1, 0.15) is 0 Å². The van der Waals surface area contributed by atoms with Crippen LogP contribution in [-0.2, 0) is 13.3 Å². The van der Waals surface area contributed by atoms with Crippen molar-refractivity contribution in [3.8, 4) is 5.75 Å². The maximum absolute atomic E-state index is 12.5. The minimum absolute atomic E-state index is 0.0852. The highest BCUT2D eigenvalue weighted by molar-refractivity contribution is 6.37. The van der Waals surface area contributed by atoms with Crippen molar-refractivity contribution in [2.45, 2.75) is 32.5 Å². The van der Waals surface area contributed by atoms with E-state index < -0.39 is 0 Å². The van der Waals surface area contributed by atoms with Crippen LogP contribution >= 0.6 is 23.2 Å². The molecular formula is C23H24Cl2N4O2. The van der Waals surface area contributed by atoms with E-state index in [-0.39, 0.29) is 12.6 Å². The van der Waals surface area contributed by atoms with Gasteiger partial charge in [-0.05, 0) is 61.8 Å². The number of nitrogens with zero attached hydrogens (tertiary/aromatic N) is 3. The SMILES string of the molecule is O=C(Nc1ccc(CN2CCCCC2)cc1)c1ccn(COc2c(Cl)cccc2Cl)n1. The topological polar surface area (TPSA) is 59.4 Å². The largest absolute Gasteiger partial charge is 0.468 e. The first-order valence-electron chi connectivity index (χ1n) is 10.3. The summed E-state index contributed by atoms with van der Waals surface area (Å²) in [5.41, 5.74) is 2.28. The van der Waals surface area contributed by atoms with Gasteiger partial charge in [-0.3, -0.25) is 9.69 Å². The molecule has 0 radical (unpaired) electrons. The molecule has 8 heteroatoms. The van der Waals surface area contributed by atoms with Gasteiger partial charge in [0.25, 0.3) is 5.91 Å².